The van der Waals surface area contributed by atoms with Gasteiger partial charge in [0.25, 0.3) is 0 Å². The SMILES string of the molecule is CON/C(=N\O)[C@@H]1c2c(cnn2C)[C@H]2CN1C(=O)N2OS(=O)(=O)O. The molecular formula is C10H14N6O7S. The first-order chi connectivity index (χ1) is 11.3. The molecule has 0 saturated carbocycles. The fraction of sp³-hybridized carbons (Fsp3) is 0.500. The van der Waals surface area contributed by atoms with E-state index in [1.807, 2.05) is 0 Å². The van der Waals surface area contributed by atoms with E-state index in [0.717, 1.165) is 0 Å². The number of nitrogens with one attached hydrogen (secondary N) is 1. The first-order valence-electron chi connectivity index (χ1n) is 6.58. The molecule has 3 heterocycles. The second-order valence-corrected chi connectivity index (χ2v) is 6.09. The van der Waals surface area contributed by atoms with Crippen LogP contribution < -0.4 is 5.48 Å². The van der Waals surface area contributed by atoms with Gasteiger partial charge in [0.1, 0.15) is 12.1 Å². The molecule has 0 unspecified atom stereocenters. The van der Waals surface area contributed by atoms with Gasteiger partial charge in [0, 0.05) is 12.6 Å². The maximum Gasteiger partial charge on any atom is 0.418 e. The maximum absolute atomic E-state index is 12.5. The summed E-state index contributed by atoms with van der Waals surface area (Å²) >= 11 is 0. The second kappa shape index (κ2) is 5.59. The molecule has 2 amide bonds. The van der Waals surface area contributed by atoms with Crippen LogP contribution in [0.3, 0.4) is 0 Å². The lowest BCUT2D eigenvalue weighted by atomic mass is 9.97. The number of hydroxylamine groups is 3. The molecule has 2 atom stereocenters. The van der Waals surface area contributed by atoms with Crippen molar-refractivity contribution in [3.05, 3.63) is 17.5 Å². The standard InChI is InChI=1S/C10H14N6O7S/c1-14-7-5(3-11-14)6-4-15(8(7)9(12-18)13-22-2)10(17)16(6)23-24(19,20)21/h3,6,8,18H,4H2,1-2H3,(H,12,13)(H,19,20,21)/t6-,8+/m1/s1. The van der Waals surface area contributed by atoms with Crippen molar-refractivity contribution >= 4 is 22.3 Å². The highest BCUT2D eigenvalue weighted by Crippen LogP contribution is 2.44. The summed E-state index contributed by atoms with van der Waals surface area (Å²) in [5.74, 6) is -0.108. The molecular weight excluding hydrogens is 348 g/mol. The number of carbonyl (C=O) groups excluding carboxylic acids is 1. The zero-order valence-corrected chi connectivity index (χ0v) is 13.3. The Balaban J connectivity index is 2.10. The molecule has 14 heteroatoms. The van der Waals surface area contributed by atoms with Crippen LogP contribution in [0.25, 0.3) is 0 Å². The molecule has 1 fully saturated rings. The zero-order valence-electron chi connectivity index (χ0n) is 12.5. The first-order valence-corrected chi connectivity index (χ1v) is 7.94. The van der Waals surface area contributed by atoms with E-state index in [0.29, 0.717) is 16.3 Å². The monoisotopic (exact) mass is 362 g/mol. The molecule has 3 rings (SSSR count). The summed E-state index contributed by atoms with van der Waals surface area (Å²) in [6.07, 6.45) is 1.44. The minimum atomic E-state index is -4.90. The van der Waals surface area contributed by atoms with Gasteiger partial charge < -0.3 is 10.1 Å². The fourth-order valence-corrected chi connectivity index (χ4v) is 3.31. The lowest BCUT2D eigenvalue weighted by Gasteiger charge is -2.31. The van der Waals surface area contributed by atoms with E-state index in [1.54, 1.807) is 7.05 Å². The van der Waals surface area contributed by atoms with Gasteiger partial charge >= 0.3 is 16.4 Å². The van der Waals surface area contributed by atoms with Gasteiger partial charge in [-0.1, -0.05) is 5.16 Å². The highest BCUT2D eigenvalue weighted by molar-refractivity contribution is 7.80. The van der Waals surface area contributed by atoms with Crippen LogP contribution in [-0.4, -0.2) is 63.4 Å². The smallest absolute Gasteiger partial charge is 0.409 e. The third-order valence-corrected chi connectivity index (χ3v) is 4.13. The van der Waals surface area contributed by atoms with E-state index in [9.17, 15) is 18.4 Å². The Morgan fingerprint density at radius 2 is 2.25 bits per heavy atom. The summed E-state index contributed by atoms with van der Waals surface area (Å²) < 4.78 is 36.8. The summed E-state index contributed by atoms with van der Waals surface area (Å²) in [7, 11) is -2.00. The van der Waals surface area contributed by atoms with Gasteiger partial charge in [0.2, 0.25) is 0 Å². The van der Waals surface area contributed by atoms with Crippen LogP contribution in [0.2, 0.25) is 0 Å². The van der Waals surface area contributed by atoms with Crippen LogP contribution >= 0.6 is 0 Å². The van der Waals surface area contributed by atoms with Crippen molar-refractivity contribution < 1.29 is 32.1 Å². The molecule has 1 aromatic heterocycles. The van der Waals surface area contributed by atoms with E-state index >= 15 is 0 Å². The molecule has 13 nitrogen and oxygen atoms in total. The molecule has 0 aliphatic carbocycles. The Kier molecular flexibility index (Phi) is 3.83. The number of fused-ring (bicyclic) bond motifs is 4. The van der Waals surface area contributed by atoms with Crippen LogP contribution in [0, 0.1) is 0 Å². The largest absolute Gasteiger partial charge is 0.418 e. The Morgan fingerprint density at radius 3 is 2.83 bits per heavy atom. The van der Waals surface area contributed by atoms with Gasteiger partial charge in [-0.05, 0) is 0 Å². The predicted molar refractivity (Wildman–Crippen MR) is 74.6 cm³/mol. The number of rotatable bonds is 4. The molecule has 3 N–H and O–H groups in total. The number of aromatic nitrogens is 2. The minimum Gasteiger partial charge on any atom is -0.409 e. The third kappa shape index (κ3) is 2.44. The molecule has 0 aromatic carbocycles. The Morgan fingerprint density at radius 1 is 1.54 bits per heavy atom. The number of carbonyl (C=O) groups is 1. The topological polar surface area (TPSA) is 159 Å². The van der Waals surface area contributed by atoms with Crippen molar-refractivity contribution in [2.75, 3.05) is 13.7 Å². The van der Waals surface area contributed by atoms with Gasteiger partial charge in [-0.15, -0.1) is 4.28 Å². The lowest BCUT2D eigenvalue weighted by molar-refractivity contribution is -0.0316. The van der Waals surface area contributed by atoms with Crippen molar-refractivity contribution in [1.29, 1.82) is 0 Å². The molecule has 0 radical (unpaired) electrons. The average Bonchev–Trinajstić information content (AvgIpc) is 3.00. The molecule has 2 aliphatic rings. The Labute approximate surface area is 135 Å². The molecule has 132 valence electrons. The third-order valence-electron chi connectivity index (χ3n) is 3.78. The van der Waals surface area contributed by atoms with Crippen molar-refractivity contribution in [2.45, 2.75) is 12.1 Å². The van der Waals surface area contributed by atoms with Crippen LogP contribution in [0.5, 0.6) is 0 Å². The van der Waals surface area contributed by atoms with Crippen molar-refractivity contribution in [1.82, 2.24) is 25.2 Å². The summed E-state index contributed by atoms with van der Waals surface area (Å²) in [5, 5.41) is 16.9. The van der Waals surface area contributed by atoms with Gasteiger partial charge in [0.15, 0.2) is 5.84 Å². The number of urea groups is 1. The van der Waals surface area contributed by atoms with Crippen molar-refractivity contribution in [2.24, 2.45) is 12.2 Å². The van der Waals surface area contributed by atoms with E-state index < -0.39 is 28.5 Å². The molecule has 1 aromatic rings. The Hall–Kier alpha value is -2.42. The molecule has 0 spiro atoms. The minimum absolute atomic E-state index is 0.0299. The summed E-state index contributed by atoms with van der Waals surface area (Å²) in [4.78, 5) is 18.4. The van der Waals surface area contributed by atoms with Crippen LogP contribution in [0.1, 0.15) is 23.3 Å². The number of aryl methyl sites for hydroxylation is 1. The van der Waals surface area contributed by atoms with Crippen LogP contribution in [0.4, 0.5) is 4.79 Å². The van der Waals surface area contributed by atoms with Gasteiger partial charge in [-0.25, -0.2) is 10.3 Å². The van der Waals surface area contributed by atoms with Crippen molar-refractivity contribution in [3.63, 3.8) is 0 Å². The average molecular weight is 362 g/mol. The summed E-state index contributed by atoms with van der Waals surface area (Å²) in [5.41, 5.74) is 3.31. The lowest BCUT2D eigenvalue weighted by Crippen LogP contribution is -2.44. The number of hydrogen-bond acceptors (Lipinski definition) is 8. The van der Waals surface area contributed by atoms with E-state index in [1.165, 1.54) is 22.9 Å². The van der Waals surface area contributed by atoms with Gasteiger partial charge in [-0.3, -0.25) is 14.1 Å². The molecule has 1 saturated heterocycles. The Bertz CT molecular complexity index is 805. The van der Waals surface area contributed by atoms with E-state index in [4.69, 9.17) is 9.39 Å². The first kappa shape index (κ1) is 16.4. The quantitative estimate of drug-likeness (QED) is 0.199. The van der Waals surface area contributed by atoms with Gasteiger partial charge in [0.05, 0.1) is 25.5 Å². The van der Waals surface area contributed by atoms with Gasteiger partial charge in [-0.2, -0.15) is 18.6 Å². The molecule has 2 aliphatic heterocycles. The number of nitrogens with zero attached hydrogens (tertiary/aromatic N) is 5. The highest BCUT2D eigenvalue weighted by atomic mass is 32.3. The molecule has 2 bridgehead atoms. The second-order valence-electron chi connectivity index (χ2n) is 5.08. The van der Waals surface area contributed by atoms with Crippen molar-refractivity contribution in [3.8, 4) is 0 Å². The number of oxime groups is 1. The number of amidine groups is 1. The summed E-state index contributed by atoms with van der Waals surface area (Å²) in [6.45, 7) is 0.0299. The number of amides is 2. The maximum atomic E-state index is 12.5. The van der Waals surface area contributed by atoms with E-state index in [2.05, 4.69) is 20.0 Å². The van der Waals surface area contributed by atoms with E-state index in [-0.39, 0.29) is 12.4 Å². The highest BCUT2D eigenvalue weighted by Gasteiger charge is 2.53. The van der Waals surface area contributed by atoms with Crippen LogP contribution in [-0.2, 0) is 26.6 Å². The summed E-state index contributed by atoms with van der Waals surface area (Å²) in [6, 6.07) is -2.56. The van der Waals surface area contributed by atoms with Crippen LogP contribution in [0.15, 0.2) is 11.4 Å². The molecule has 24 heavy (non-hydrogen) atoms. The fourth-order valence-electron chi connectivity index (χ4n) is 2.94. The normalized spacial score (nSPS) is 23.6. The zero-order chi connectivity index (χ0) is 17.6. The predicted octanol–water partition coefficient (Wildman–Crippen LogP) is -1.07. The number of hydrogen-bond donors (Lipinski definition) is 3.